The number of sulfonamides is 1. The van der Waals surface area contributed by atoms with Gasteiger partial charge in [0.05, 0.1) is 16.3 Å². The number of nitrogens with one attached hydrogen (secondary N) is 3. The van der Waals surface area contributed by atoms with E-state index >= 15 is 0 Å². The minimum absolute atomic E-state index is 0.0332. The predicted molar refractivity (Wildman–Crippen MR) is 97.0 cm³/mol. The fraction of sp³-hybridized carbons (Fsp3) is 0.176. The lowest BCUT2D eigenvalue weighted by molar-refractivity contribution is -0.115. The first kappa shape index (κ1) is 19.4. The lowest BCUT2D eigenvalue weighted by Gasteiger charge is -2.13. The first-order chi connectivity index (χ1) is 12.1. The number of aryl methyl sites for hydroxylation is 1. The molecule has 0 atom stereocenters. The van der Waals surface area contributed by atoms with Gasteiger partial charge in [-0.3, -0.25) is 14.3 Å². The minimum atomic E-state index is -4.00. The zero-order valence-corrected chi connectivity index (χ0v) is 15.2. The van der Waals surface area contributed by atoms with E-state index in [0.29, 0.717) is 11.3 Å². The summed E-state index contributed by atoms with van der Waals surface area (Å²) < 4.78 is 41.4. The highest BCUT2D eigenvalue weighted by molar-refractivity contribution is 7.92. The van der Waals surface area contributed by atoms with Gasteiger partial charge >= 0.3 is 0 Å². The summed E-state index contributed by atoms with van der Waals surface area (Å²) >= 11 is 0. The molecular formula is C17H18FN3O4S. The van der Waals surface area contributed by atoms with Gasteiger partial charge in [0.1, 0.15) is 5.82 Å². The molecule has 0 saturated carbocycles. The highest BCUT2D eigenvalue weighted by atomic mass is 32.2. The smallest absolute Gasteiger partial charge is 0.262 e. The second kappa shape index (κ2) is 7.52. The quantitative estimate of drug-likeness (QED) is 0.743. The molecular weight excluding hydrogens is 361 g/mol. The molecule has 0 aliphatic heterocycles. The summed E-state index contributed by atoms with van der Waals surface area (Å²) in [6, 6.07) is 7.95. The van der Waals surface area contributed by atoms with Crippen LogP contribution in [-0.2, 0) is 19.6 Å². The molecule has 0 spiro atoms. The molecule has 0 unspecified atom stereocenters. The van der Waals surface area contributed by atoms with Crippen molar-refractivity contribution in [1.82, 2.24) is 0 Å². The summed E-state index contributed by atoms with van der Waals surface area (Å²) in [5, 5.41) is 4.80. The Morgan fingerprint density at radius 2 is 1.54 bits per heavy atom. The van der Waals surface area contributed by atoms with E-state index in [2.05, 4.69) is 15.4 Å². The molecule has 138 valence electrons. The van der Waals surface area contributed by atoms with Gasteiger partial charge in [-0.15, -0.1) is 0 Å². The number of benzene rings is 2. The van der Waals surface area contributed by atoms with Gasteiger partial charge in [0.25, 0.3) is 10.0 Å². The topological polar surface area (TPSA) is 104 Å². The lowest BCUT2D eigenvalue weighted by atomic mass is 10.2. The van der Waals surface area contributed by atoms with Crippen molar-refractivity contribution >= 4 is 38.9 Å². The van der Waals surface area contributed by atoms with Crippen LogP contribution in [0.25, 0.3) is 0 Å². The van der Waals surface area contributed by atoms with Crippen molar-refractivity contribution < 1.29 is 22.4 Å². The van der Waals surface area contributed by atoms with E-state index in [1.54, 1.807) is 19.1 Å². The number of halogens is 1. The third kappa shape index (κ3) is 4.79. The number of carbonyl (C=O) groups excluding carboxylic acids is 2. The molecule has 2 aromatic carbocycles. The molecule has 0 saturated heterocycles. The van der Waals surface area contributed by atoms with Crippen LogP contribution in [0.1, 0.15) is 19.4 Å². The first-order valence-electron chi connectivity index (χ1n) is 7.56. The summed E-state index contributed by atoms with van der Waals surface area (Å²) in [7, 11) is -4.00. The number of amides is 2. The highest BCUT2D eigenvalue weighted by Gasteiger charge is 2.19. The molecule has 0 aliphatic rings. The van der Waals surface area contributed by atoms with Crippen LogP contribution in [0.5, 0.6) is 0 Å². The van der Waals surface area contributed by atoms with Gasteiger partial charge in [0.15, 0.2) is 0 Å². The number of hydrogen-bond donors (Lipinski definition) is 3. The summed E-state index contributed by atoms with van der Waals surface area (Å²) in [5.74, 6) is -1.50. The minimum Gasteiger partial charge on any atom is -0.326 e. The van der Waals surface area contributed by atoms with Crippen LogP contribution in [0.3, 0.4) is 0 Å². The Morgan fingerprint density at radius 3 is 2.15 bits per heavy atom. The monoisotopic (exact) mass is 379 g/mol. The zero-order valence-electron chi connectivity index (χ0n) is 14.4. The molecule has 0 fully saturated rings. The van der Waals surface area contributed by atoms with Crippen molar-refractivity contribution in [2.24, 2.45) is 0 Å². The lowest BCUT2D eigenvalue weighted by Crippen LogP contribution is -2.16. The zero-order chi connectivity index (χ0) is 19.5. The Balaban J connectivity index is 2.37. The molecule has 2 amide bonds. The molecule has 0 bridgehead atoms. The van der Waals surface area contributed by atoms with E-state index < -0.39 is 21.7 Å². The van der Waals surface area contributed by atoms with Crippen molar-refractivity contribution in [3.63, 3.8) is 0 Å². The Morgan fingerprint density at radius 1 is 0.923 bits per heavy atom. The average molecular weight is 379 g/mol. The maximum atomic E-state index is 13.7. The third-order valence-corrected chi connectivity index (χ3v) is 4.85. The SMILES string of the molecule is CC(=O)Nc1ccc(C)c(S(=O)(=O)Nc2ccc(F)c(NC(C)=O)c2)c1. The van der Waals surface area contributed by atoms with Crippen LogP contribution in [-0.4, -0.2) is 20.2 Å². The van der Waals surface area contributed by atoms with E-state index in [4.69, 9.17) is 0 Å². The fourth-order valence-electron chi connectivity index (χ4n) is 2.25. The second-order valence-corrected chi connectivity index (χ2v) is 7.29. The van der Waals surface area contributed by atoms with Crippen LogP contribution in [0, 0.1) is 12.7 Å². The van der Waals surface area contributed by atoms with Gasteiger partial charge in [0.2, 0.25) is 11.8 Å². The Labute approximate surface area is 150 Å². The summed E-state index contributed by atoms with van der Waals surface area (Å²) in [5.41, 5.74) is 0.748. The highest BCUT2D eigenvalue weighted by Crippen LogP contribution is 2.25. The van der Waals surface area contributed by atoms with E-state index in [-0.39, 0.29) is 22.2 Å². The van der Waals surface area contributed by atoms with Crippen molar-refractivity contribution in [2.75, 3.05) is 15.4 Å². The maximum Gasteiger partial charge on any atom is 0.262 e. The first-order valence-corrected chi connectivity index (χ1v) is 9.05. The second-order valence-electron chi connectivity index (χ2n) is 5.64. The molecule has 0 aliphatic carbocycles. The Bertz CT molecular complexity index is 974. The largest absolute Gasteiger partial charge is 0.326 e. The molecule has 9 heteroatoms. The number of hydrogen-bond acceptors (Lipinski definition) is 4. The summed E-state index contributed by atoms with van der Waals surface area (Å²) in [6.07, 6.45) is 0. The molecule has 2 rings (SSSR count). The van der Waals surface area contributed by atoms with Crippen molar-refractivity contribution in [2.45, 2.75) is 25.7 Å². The van der Waals surface area contributed by atoms with Crippen molar-refractivity contribution in [1.29, 1.82) is 0 Å². The Hall–Kier alpha value is -2.94. The predicted octanol–water partition coefficient (Wildman–Crippen LogP) is 2.85. The van der Waals surface area contributed by atoms with Gasteiger partial charge in [-0.25, -0.2) is 12.8 Å². The van der Waals surface area contributed by atoms with Gasteiger partial charge in [-0.05, 0) is 42.8 Å². The third-order valence-electron chi connectivity index (χ3n) is 3.33. The van der Waals surface area contributed by atoms with Crippen LogP contribution < -0.4 is 15.4 Å². The van der Waals surface area contributed by atoms with Gasteiger partial charge in [0, 0.05) is 19.5 Å². The average Bonchev–Trinajstić information content (AvgIpc) is 2.51. The fourth-order valence-corrected chi connectivity index (χ4v) is 3.58. The van der Waals surface area contributed by atoms with Crippen LogP contribution >= 0.6 is 0 Å². The van der Waals surface area contributed by atoms with Gasteiger partial charge in [-0.2, -0.15) is 0 Å². The summed E-state index contributed by atoms with van der Waals surface area (Å²) in [6.45, 7) is 4.14. The number of carbonyl (C=O) groups is 2. The number of rotatable bonds is 5. The molecule has 0 heterocycles. The van der Waals surface area contributed by atoms with E-state index in [9.17, 15) is 22.4 Å². The van der Waals surface area contributed by atoms with E-state index in [1.807, 2.05) is 0 Å². The van der Waals surface area contributed by atoms with E-state index in [0.717, 1.165) is 6.07 Å². The molecule has 26 heavy (non-hydrogen) atoms. The number of anilines is 3. The molecule has 0 aromatic heterocycles. The van der Waals surface area contributed by atoms with Gasteiger partial charge in [-0.1, -0.05) is 6.07 Å². The molecule has 3 N–H and O–H groups in total. The van der Waals surface area contributed by atoms with Crippen LogP contribution in [0.15, 0.2) is 41.3 Å². The van der Waals surface area contributed by atoms with Crippen LogP contribution in [0.4, 0.5) is 21.5 Å². The van der Waals surface area contributed by atoms with E-state index in [1.165, 1.54) is 32.0 Å². The summed E-state index contributed by atoms with van der Waals surface area (Å²) in [4.78, 5) is 22.2. The molecule has 0 radical (unpaired) electrons. The molecule has 2 aromatic rings. The maximum absolute atomic E-state index is 13.7. The Kier molecular flexibility index (Phi) is 5.61. The molecule has 7 nitrogen and oxygen atoms in total. The van der Waals surface area contributed by atoms with Crippen LogP contribution in [0.2, 0.25) is 0 Å². The van der Waals surface area contributed by atoms with Crippen molar-refractivity contribution in [3.05, 3.63) is 47.8 Å². The normalized spacial score (nSPS) is 10.9. The van der Waals surface area contributed by atoms with Crippen molar-refractivity contribution in [3.8, 4) is 0 Å². The van der Waals surface area contributed by atoms with Gasteiger partial charge < -0.3 is 10.6 Å². The standard InChI is InChI=1S/C17H18FN3O4S/c1-10-4-5-13(19-11(2)22)9-17(10)26(24,25)21-14-6-7-15(18)16(8-14)20-12(3)23/h4-9,21H,1-3H3,(H,19,22)(H,20,23).